The number of para-hydroxylation sites is 2. The zero-order chi connectivity index (χ0) is 38.6. The zero-order valence-electron chi connectivity index (χ0n) is 31.0. The molecule has 3 heterocycles. The summed E-state index contributed by atoms with van der Waals surface area (Å²) < 4.78 is 8.86. The molecule has 11 rings (SSSR count). The topological polar surface area (TPSA) is 61.1 Å². The monoisotopic (exact) mass is 741 g/mol. The number of benzene rings is 8. The highest BCUT2D eigenvalue weighted by molar-refractivity contribution is 6.13. The Bertz CT molecular complexity index is 3360. The van der Waals surface area contributed by atoms with Crippen LogP contribution in [0.25, 0.3) is 111 Å². The number of rotatable bonds is 6. The molecule has 0 aliphatic carbocycles. The number of hydrogen-bond acceptors (Lipinski definition) is 4. The molecular weight excluding hydrogens is 711 g/mol. The molecule has 3 aromatic heterocycles. The first-order valence-electron chi connectivity index (χ1n) is 19.1. The highest BCUT2D eigenvalue weighted by Gasteiger charge is 2.19. The molecule has 0 amide bonds. The van der Waals surface area contributed by atoms with Gasteiger partial charge in [0, 0.05) is 43.9 Å². The fourth-order valence-corrected chi connectivity index (χ4v) is 8.17. The van der Waals surface area contributed by atoms with E-state index in [4.69, 9.17) is 25.9 Å². The van der Waals surface area contributed by atoms with Gasteiger partial charge in [0.05, 0.1) is 17.6 Å². The first-order chi connectivity index (χ1) is 28.7. The predicted molar refractivity (Wildman–Crippen MR) is 235 cm³/mol. The molecule has 0 bridgehead atoms. The summed E-state index contributed by atoms with van der Waals surface area (Å²) in [7, 11) is 0. The Morgan fingerprint density at radius 2 is 1.02 bits per heavy atom. The summed E-state index contributed by atoms with van der Waals surface area (Å²) >= 11 is 0. The van der Waals surface area contributed by atoms with Gasteiger partial charge in [0.25, 0.3) is 0 Å². The SMILES string of the molecule is [C-]#[N+]c1cccc(-c2cccc3oc4cc(-c5nc(-c6ccccc6)nc(-c6cc(-c7ccccc7)cc(-n7c8ccccc8c8ccccc87)c6)n5)ccc4c23)c1. The van der Waals surface area contributed by atoms with Crippen molar-refractivity contribution in [2.45, 2.75) is 0 Å². The van der Waals surface area contributed by atoms with E-state index in [2.05, 4.69) is 119 Å². The van der Waals surface area contributed by atoms with Crippen LogP contribution in [0.1, 0.15) is 0 Å². The fraction of sp³-hybridized carbons (Fsp3) is 0. The van der Waals surface area contributed by atoms with Gasteiger partial charge in [-0.3, -0.25) is 0 Å². The van der Waals surface area contributed by atoms with Crippen molar-refractivity contribution in [3.05, 3.63) is 199 Å². The normalized spacial score (nSPS) is 11.4. The van der Waals surface area contributed by atoms with E-state index < -0.39 is 0 Å². The number of hydrogen-bond donors (Lipinski definition) is 0. The maximum atomic E-state index is 7.55. The summed E-state index contributed by atoms with van der Waals surface area (Å²) in [6.45, 7) is 7.55. The van der Waals surface area contributed by atoms with E-state index in [9.17, 15) is 0 Å². The van der Waals surface area contributed by atoms with Crippen LogP contribution in [0.2, 0.25) is 0 Å². The molecule has 0 unspecified atom stereocenters. The number of fused-ring (bicyclic) bond motifs is 6. The molecule has 6 heteroatoms. The van der Waals surface area contributed by atoms with E-state index in [-0.39, 0.29) is 0 Å². The van der Waals surface area contributed by atoms with Gasteiger partial charge in [-0.15, -0.1) is 0 Å². The van der Waals surface area contributed by atoms with Gasteiger partial charge >= 0.3 is 0 Å². The summed E-state index contributed by atoms with van der Waals surface area (Å²) in [6.07, 6.45) is 0. The first kappa shape index (κ1) is 33.2. The maximum Gasteiger partial charge on any atom is 0.187 e. The van der Waals surface area contributed by atoms with Crippen molar-refractivity contribution < 1.29 is 4.42 Å². The standard InChI is InChI=1S/C52H31N5O/c1-53-39-19-12-18-35(29-39)41-22-13-25-47-49(41)44-27-26-36(32-48(44)58-47)51-54-50(34-16-6-3-7-17-34)55-52(56-51)38-28-37(33-14-4-2-5-15-33)30-40(31-38)57-45-23-10-8-20-42(45)43-21-9-11-24-46(43)57/h2-32H. The van der Waals surface area contributed by atoms with E-state index in [1.807, 2.05) is 78.9 Å². The minimum Gasteiger partial charge on any atom is -0.456 e. The average Bonchev–Trinajstić information content (AvgIpc) is 3.85. The van der Waals surface area contributed by atoms with Crippen LogP contribution in [0, 0.1) is 6.57 Å². The molecule has 0 aliphatic rings. The van der Waals surface area contributed by atoms with Gasteiger partial charge in [0.1, 0.15) is 11.2 Å². The van der Waals surface area contributed by atoms with Crippen LogP contribution >= 0.6 is 0 Å². The van der Waals surface area contributed by atoms with Gasteiger partial charge < -0.3 is 8.98 Å². The number of nitrogens with zero attached hydrogens (tertiary/aromatic N) is 5. The first-order valence-corrected chi connectivity index (χ1v) is 19.1. The molecule has 8 aromatic carbocycles. The third-order valence-corrected chi connectivity index (χ3v) is 10.8. The van der Waals surface area contributed by atoms with Crippen LogP contribution in [0.5, 0.6) is 0 Å². The van der Waals surface area contributed by atoms with Crippen LogP contribution in [0.3, 0.4) is 0 Å². The smallest absolute Gasteiger partial charge is 0.187 e. The van der Waals surface area contributed by atoms with Crippen LogP contribution in [0.15, 0.2) is 192 Å². The van der Waals surface area contributed by atoms with Crippen molar-refractivity contribution in [2.24, 2.45) is 0 Å². The lowest BCUT2D eigenvalue weighted by atomic mass is 9.98. The van der Waals surface area contributed by atoms with Crippen LogP contribution in [-0.4, -0.2) is 19.5 Å². The quantitative estimate of drug-likeness (QED) is 0.159. The Hall–Kier alpha value is -8.14. The average molecular weight is 742 g/mol. The Balaban J connectivity index is 1.12. The molecule has 0 saturated carbocycles. The predicted octanol–water partition coefficient (Wildman–Crippen LogP) is 13.8. The molecule has 0 aliphatic heterocycles. The van der Waals surface area contributed by atoms with Crippen molar-refractivity contribution in [1.29, 1.82) is 0 Å². The number of furan rings is 1. The van der Waals surface area contributed by atoms with Crippen molar-refractivity contribution in [3.8, 4) is 62.1 Å². The fourth-order valence-electron chi connectivity index (χ4n) is 8.17. The Morgan fingerprint density at radius 1 is 0.414 bits per heavy atom. The highest BCUT2D eigenvalue weighted by Crippen LogP contribution is 2.40. The summed E-state index contributed by atoms with van der Waals surface area (Å²) in [5.74, 6) is 1.69. The second-order valence-electron chi connectivity index (χ2n) is 14.3. The van der Waals surface area contributed by atoms with Gasteiger partial charge in [0.2, 0.25) is 0 Å². The minimum absolute atomic E-state index is 0.541. The minimum atomic E-state index is 0.541. The van der Waals surface area contributed by atoms with Crippen LogP contribution in [-0.2, 0) is 0 Å². The van der Waals surface area contributed by atoms with Crippen LogP contribution < -0.4 is 0 Å². The van der Waals surface area contributed by atoms with Gasteiger partial charge in [-0.05, 0) is 76.9 Å². The van der Waals surface area contributed by atoms with Gasteiger partial charge in [0.15, 0.2) is 23.2 Å². The summed E-state index contributed by atoms with van der Waals surface area (Å²) in [5.41, 5.74) is 12.1. The van der Waals surface area contributed by atoms with Gasteiger partial charge in [-0.25, -0.2) is 19.8 Å². The lowest BCUT2D eigenvalue weighted by molar-refractivity contribution is 0.669. The molecule has 270 valence electrons. The molecule has 0 atom stereocenters. The van der Waals surface area contributed by atoms with E-state index >= 15 is 0 Å². The third-order valence-electron chi connectivity index (χ3n) is 10.8. The van der Waals surface area contributed by atoms with Crippen molar-refractivity contribution in [1.82, 2.24) is 19.5 Å². The molecule has 11 aromatic rings. The second-order valence-corrected chi connectivity index (χ2v) is 14.3. The highest BCUT2D eigenvalue weighted by atomic mass is 16.3. The summed E-state index contributed by atoms with van der Waals surface area (Å²) in [4.78, 5) is 19.1. The van der Waals surface area contributed by atoms with Gasteiger partial charge in [-0.2, -0.15) is 0 Å². The van der Waals surface area contributed by atoms with Crippen LogP contribution in [0.4, 0.5) is 5.69 Å². The van der Waals surface area contributed by atoms with E-state index in [0.717, 1.165) is 77.6 Å². The lowest BCUT2D eigenvalue weighted by Crippen LogP contribution is -2.01. The van der Waals surface area contributed by atoms with E-state index in [1.54, 1.807) is 0 Å². The molecule has 0 saturated heterocycles. The number of aromatic nitrogens is 4. The third kappa shape index (κ3) is 5.61. The summed E-state index contributed by atoms with van der Waals surface area (Å²) in [6, 6.07) is 64.2. The lowest BCUT2D eigenvalue weighted by Gasteiger charge is -2.14. The largest absolute Gasteiger partial charge is 0.456 e. The molecule has 58 heavy (non-hydrogen) atoms. The second kappa shape index (κ2) is 13.6. The van der Waals surface area contributed by atoms with Gasteiger partial charge in [-0.1, -0.05) is 133 Å². The van der Waals surface area contributed by atoms with E-state index in [1.165, 1.54) is 10.8 Å². The molecule has 0 fully saturated rings. The van der Waals surface area contributed by atoms with Crippen molar-refractivity contribution in [3.63, 3.8) is 0 Å². The molecule has 0 N–H and O–H groups in total. The Kier molecular flexibility index (Phi) is 7.76. The maximum absolute atomic E-state index is 7.55. The molecule has 0 radical (unpaired) electrons. The van der Waals surface area contributed by atoms with Crippen molar-refractivity contribution in [2.75, 3.05) is 0 Å². The van der Waals surface area contributed by atoms with Crippen molar-refractivity contribution >= 4 is 49.4 Å². The zero-order valence-corrected chi connectivity index (χ0v) is 31.0. The summed E-state index contributed by atoms with van der Waals surface area (Å²) in [5, 5.41) is 4.38. The Labute approximate surface area is 333 Å². The molecule has 6 nitrogen and oxygen atoms in total. The Morgan fingerprint density at radius 3 is 1.74 bits per heavy atom. The van der Waals surface area contributed by atoms with E-state index in [0.29, 0.717) is 23.2 Å². The molecule has 0 spiro atoms. The molecular formula is C52H31N5O.